The first-order valence-electron chi connectivity index (χ1n) is 6.93. The molecule has 0 heterocycles. The molecule has 1 aliphatic carbocycles. The quantitative estimate of drug-likeness (QED) is 0.771. The van der Waals surface area contributed by atoms with Gasteiger partial charge in [0.05, 0.1) is 0 Å². The number of nitrogens with two attached hydrogens (primary N) is 2. The normalized spacial score (nSPS) is 18.3. The monoisotopic (exact) mass is 261 g/mol. The van der Waals surface area contributed by atoms with Crippen LogP contribution in [0, 0.1) is 5.92 Å². The Balaban J connectivity index is 2.16. The lowest BCUT2D eigenvalue weighted by Gasteiger charge is -2.33. The van der Waals surface area contributed by atoms with Gasteiger partial charge in [-0.05, 0) is 30.9 Å². The molecule has 0 bridgehead atoms. The Morgan fingerprint density at radius 3 is 2.47 bits per heavy atom. The fourth-order valence-corrected chi connectivity index (χ4v) is 2.37. The summed E-state index contributed by atoms with van der Waals surface area (Å²) >= 11 is 0. The van der Waals surface area contributed by atoms with Gasteiger partial charge in [-0.2, -0.15) is 0 Å². The summed E-state index contributed by atoms with van der Waals surface area (Å²) in [5.41, 5.74) is 11.6. The highest BCUT2D eigenvalue weighted by atomic mass is 16.1. The predicted octanol–water partition coefficient (Wildman–Crippen LogP) is 1.06. The minimum Gasteiger partial charge on any atom is -0.368 e. The summed E-state index contributed by atoms with van der Waals surface area (Å²) in [5.74, 6) is 0.306. The third kappa shape index (κ3) is 3.33. The zero-order chi connectivity index (χ0) is 13.9. The second-order valence-corrected chi connectivity index (χ2v) is 5.47. The summed E-state index contributed by atoms with van der Waals surface area (Å²) in [4.78, 5) is 14.1. The SMILES string of the molecule is CCN(CC1CC1)CC(N)(C(N)=O)c1ccccc1. The van der Waals surface area contributed by atoms with E-state index >= 15 is 0 Å². The van der Waals surface area contributed by atoms with Crippen LogP contribution in [0.1, 0.15) is 25.3 Å². The van der Waals surface area contributed by atoms with Gasteiger partial charge < -0.3 is 16.4 Å². The van der Waals surface area contributed by atoms with Gasteiger partial charge in [-0.25, -0.2) is 0 Å². The molecule has 1 amide bonds. The average molecular weight is 261 g/mol. The van der Waals surface area contributed by atoms with Gasteiger partial charge >= 0.3 is 0 Å². The number of nitrogens with zero attached hydrogens (tertiary/aromatic N) is 1. The number of carbonyl (C=O) groups excluding carboxylic acids is 1. The third-order valence-corrected chi connectivity index (χ3v) is 3.86. The molecule has 0 aromatic heterocycles. The topological polar surface area (TPSA) is 72.3 Å². The maximum Gasteiger partial charge on any atom is 0.243 e. The number of amides is 1. The number of carbonyl (C=O) groups is 1. The molecule has 4 N–H and O–H groups in total. The summed E-state index contributed by atoms with van der Waals surface area (Å²) < 4.78 is 0. The van der Waals surface area contributed by atoms with E-state index in [-0.39, 0.29) is 0 Å². The second kappa shape index (κ2) is 5.72. The highest BCUT2D eigenvalue weighted by molar-refractivity contribution is 5.86. The summed E-state index contributed by atoms with van der Waals surface area (Å²) in [7, 11) is 0. The second-order valence-electron chi connectivity index (χ2n) is 5.47. The van der Waals surface area contributed by atoms with Gasteiger partial charge in [-0.1, -0.05) is 37.3 Å². The van der Waals surface area contributed by atoms with Crippen molar-refractivity contribution in [2.24, 2.45) is 17.4 Å². The number of likely N-dealkylation sites (N-methyl/N-ethyl adjacent to an activating group) is 1. The summed E-state index contributed by atoms with van der Waals surface area (Å²) in [5, 5.41) is 0. The zero-order valence-corrected chi connectivity index (χ0v) is 11.5. The van der Waals surface area contributed by atoms with Crippen LogP contribution in [0.4, 0.5) is 0 Å². The molecule has 1 atom stereocenters. The van der Waals surface area contributed by atoms with Gasteiger partial charge in [0, 0.05) is 13.1 Å². The van der Waals surface area contributed by atoms with Crippen molar-refractivity contribution in [1.82, 2.24) is 4.90 Å². The van der Waals surface area contributed by atoms with Crippen molar-refractivity contribution < 1.29 is 4.79 Å². The summed E-state index contributed by atoms with van der Waals surface area (Å²) in [6.07, 6.45) is 2.58. The summed E-state index contributed by atoms with van der Waals surface area (Å²) in [6.45, 7) is 4.47. The van der Waals surface area contributed by atoms with Crippen molar-refractivity contribution in [2.75, 3.05) is 19.6 Å². The van der Waals surface area contributed by atoms with Crippen molar-refractivity contribution in [3.05, 3.63) is 35.9 Å². The van der Waals surface area contributed by atoms with E-state index in [2.05, 4.69) is 11.8 Å². The van der Waals surface area contributed by atoms with E-state index < -0.39 is 11.4 Å². The van der Waals surface area contributed by atoms with Crippen LogP contribution in [0.25, 0.3) is 0 Å². The Bertz CT molecular complexity index is 430. The molecule has 0 radical (unpaired) electrons. The van der Waals surface area contributed by atoms with Gasteiger partial charge in [-0.15, -0.1) is 0 Å². The van der Waals surface area contributed by atoms with Crippen molar-refractivity contribution in [1.29, 1.82) is 0 Å². The number of hydrogen-bond donors (Lipinski definition) is 2. The van der Waals surface area contributed by atoms with Gasteiger partial charge in [-0.3, -0.25) is 4.79 Å². The maximum absolute atomic E-state index is 11.8. The molecule has 0 spiro atoms. The molecule has 1 aromatic carbocycles. The average Bonchev–Trinajstić information content (AvgIpc) is 3.22. The van der Waals surface area contributed by atoms with Crippen LogP contribution in [-0.4, -0.2) is 30.4 Å². The molecule has 1 aromatic rings. The zero-order valence-electron chi connectivity index (χ0n) is 11.5. The Kier molecular flexibility index (Phi) is 4.22. The Hall–Kier alpha value is -1.39. The van der Waals surface area contributed by atoms with Crippen LogP contribution < -0.4 is 11.5 Å². The lowest BCUT2D eigenvalue weighted by atomic mass is 9.89. The van der Waals surface area contributed by atoms with Crippen LogP contribution in [0.3, 0.4) is 0 Å². The van der Waals surface area contributed by atoms with E-state index in [4.69, 9.17) is 11.5 Å². The van der Waals surface area contributed by atoms with E-state index in [1.807, 2.05) is 30.3 Å². The predicted molar refractivity (Wildman–Crippen MR) is 76.3 cm³/mol. The lowest BCUT2D eigenvalue weighted by molar-refractivity contribution is -0.124. The van der Waals surface area contributed by atoms with Gasteiger partial charge in [0.25, 0.3) is 0 Å². The number of hydrogen-bond acceptors (Lipinski definition) is 3. The third-order valence-electron chi connectivity index (χ3n) is 3.86. The first-order valence-corrected chi connectivity index (χ1v) is 6.93. The molecule has 19 heavy (non-hydrogen) atoms. The van der Waals surface area contributed by atoms with Crippen LogP contribution >= 0.6 is 0 Å². The molecule has 2 rings (SSSR count). The van der Waals surface area contributed by atoms with Gasteiger partial charge in [0.2, 0.25) is 5.91 Å². The van der Waals surface area contributed by atoms with E-state index in [1.54, 1.807) is 0 Å². The Morgan fingerprint density at radius 2 is 2.00 bits per heavy atom. The number of rotatable bonds is 7. The van der Waals surface area contributed by atoms with E-state index in [1.165, 1.54) is 12.8 Å². The van der Waals surface area contributed by atoms with Crippen molar-refractivity contribution in [3.8, 4) is 0 Å². The highest BCUT2D eigenvalue weighted by Gasteiger charge is 2.37. The van der Waals surface area contributed by atoms with Crippen molar-refractivity contribution in [3.63, 3.8) is 0 Å². The fraction of sp³-hybridized carbons (Fsp3) is 0.533. The molecule has 0 saturated heterocycles. The van der Waals surface area contributed by atoms with Crippen LogP contribution in [-0.2, 0) is 10.3 Å². The minimum absolute atomic E-state index is 0.465. The molecule has 1 saturated carbocycles. The van der Waals surface area contributed by atoms with Gasteiger partial charge in [0.1, 0.15) is 5.54 Å². The van der Waals surface area contributed by atoms with Crippen molar-refractivity contribution in [2.45, 2.75) is 25.3 Å². The van der Waals surface area contributed by atoms with E-state index in [0.717, 1.165) is 24.6 Å². The first-order chi connectivity index (χ1) is 9.06. The molecule has 1 aliphatic rings. The molecule has 1 fully saturated rings. The maximum atomic E-state index is 11.8. The van der Waals surface area contributed by atoms with E-state index in [0.29, 0.717) is 6.54 Å². The van der Waals surface area contributed by atoms with Crippen LogP contribution in [0.5, 0.6) is 0 Å². The standard InChI is InChI=1S/C15H23N3O/c1-2-18(10-12-8-9-12)11-15(17,14(16)19)13-6-4-3-5-7-13/h3-7,12H,2,8-11,17H2,1H3,(H2,16,19). The van der Waals surface area contributed by atoms with Crippen LogP contribution in [0.2, 0.25) is 0 Å². The smallest absolute Gasteiger partial charge is 0.243 e. The highest BCUT2D eigenvalue weighted by Crippen LogP contribution is 2.30. The largest absolute Gasteiger partial charge is 0.368 e. The minimum atomic E-state index is -1.10. The molecular weight excluding hydrogens is 238 g/mol. The molecule has 0 aliphatic heterocycles. The first kappa shape index (κ1) is 14.0. The fourth-order valence-electron chi connectivity index (χ4n) is 2.37. The van der Waals surface area contributed by atoms with E-state index in [9.17, 15) is 4.79 Å². The van der Waals surface area contributed by atoms with Crippen molar-refractivity contribution >= 4 is 5.91 Å². The molecule has 104 valence electrons. The number of primary amides is 1. The molecule has 4 nitrogen and oxygen atoms in total. The number of benzene rings is 1. The Labute approximate surface area is 114 Å². The summed E-state index contributed by atoms with van der Waals surface area (Å²) in [6, 6.07) is 9.42. The molecule has 4 heteroatoms. The van der Waals surface area contributed by atoms with Crippen LogP contribution in [0.15, 0.2) is 30.3 Å². The Morgan fingerprint density at radius 1 is 1.37 bits per heavy atom. The molecular formula is C15H23N3O. The lowest BCUT2D eigenvalue weighted by Crippen LogP contribution is -2.56. The van der Waals surface area contributed by atoms with Gasteiger partial charge in [0.15, 0.2) is 0 Å². The molecule has 1 unspecified atom stereocenters.